The average molecular weight is 454 g/mol. The van der Waals surface area contributed by atoms with Gasteiger partial charge in [0.2, 0.25) is 0 Å². The smallest absolute Gasteiger partial charge is 0.182 e. The Labute approximate surface area is 201 Å². The van der Waals surface area contributed by atoms with E-state index in [9.17, 15) is 0 Å². The molecule has 6 heteroatoms. The summed E-state index contributed by atoms with van der Waals surface area (Å²) in [6.07, 6.45) is 4.22. The highest BCUT2D eigenvalue weighted by Gasteiger charge is 2.54. The summed E-state index contributed by atoms with van der Waals surface area (Å²) in [7, 11) is 0. The molecule has 0 radical (unpaired) electrons. The molecule has 2 heterocycles. The molecule has 1 fully saturated rings. The minimum atomic E-state index is -0.102. The second-order valence-corrected chi connectivity index (χ2v) is 9.94. The fourth-order valence-corrected chi connectivity index (χ4v) is 4.76. The lowest BCUT2D eigenvalue weighted by atomic mass is 9.65. The van der Waals surface area contributed by atoms with Crippen LogP contribution in [0.4, 0.5) is 0 Å². The molecule has 2 aromatic heterocycles. The van der Waals surface area contributed by atoms with Gasteiger partial charge in [0.25, 0.3) is 0 Å². The molecule has 1 aliphatic carbocycles. The molecule has 174 valence electrons. The van der Waals surface area contributed by atoms with Crippen molar-refractivity contribution in [2.75, 3.05) is 0 Å². The predicted octanol–water partition coefficient (Wildman–Crippen LogP) is 6.00. The summed E-state index contributed by atoms with van der Waals surface area (Å²) in [6, 6.07) is 23.4. The molecule has 1 unspecified atom stereocenters. The molecule has 0 aliphatic heterocycles. The normalized spacial score (nSPS) is 16.3. The molecule has 1 saturated carbocycles. The van der Waals surface area contributed by atoms with Gasteiger partial charge in [-0.1, -0.05) is 56.3 Å². The highest BCUT2D eigenvalue weighted by molar-refractivity contribution is 5.57. The third kappa shape index (κ3) is 3.98. The van der Waals surface area contributed by atoms with Crippen molar-refractivity contribution < 1.29 is 4.74 Å². The van der Waals surface area contributed by atoms with Gasteiger partial charge in [0, 0.05) is 17.2 Å². The van der Waals surface area contributed by atoms with Crippen molar-refractivity contribution in [3.63, 3.8) is 0 Å². The van der Waals surface area contributed by atoms with Crippen LogP contribution in [-0.4, -0.2) is 25.2 Å². The molecule has 6 nitrogen and oxygen atoms in total. The number of aromatic nitrogens is 5. The zero-order valence-corrected chi connectivity index (χ0v) is 20.3. The summed E-state index contributed by atoms with van der Waals surface area (Å²) in [6.45, 7) is 9.40. The molecule has 34 heavy (non-hydrogen) atoms. The van der Waals surface area contributed by atoms with Gasteiger partial charge < -0.3 is 4.74 Å². The quantitative estimate of drug-likeness (QED) is 0.327. The Morgan fingerprint density at radius 1 is 0.971 bits per heavy atom. The molecule has 4 aromatic rings. The minimum absolute atomic E-state index is 0.102. The fraction of sp³-hybridized carbons (Fsp3) is 0.357. The van der Waals surface area contributed by atoms with Gasteiger partial charge in [-0.05, 0) is 77.9 Å². The molecule has 0 spiro atoms. The monoisotopic (exact) mass is 453 g/mol. The number of ether oxygens (including phenoxy) is 1. The maximum absolute atomic E-state index is 5.97. The van der Waals surface area contributed by atoms with Crippen LogP contribution >= 0.6 is 0 Å². The maximum atomic E-state index is 5.97. The van der Waals surface area contributed by atoms with Crippen LogP contribution in [0.25, 0.3) is 11.4 Å². The zero-order valence-electron chi connectivity index (χ0n) is 20.3. The van der Waals surface area contributed by atoms with E-state index >= 15 is 0 Å². The standard InChI is InChI=1S/C28H31N5O/c1-20(2)33-26(30-31-32-33)21-8-10-22(11-9-21)28(4,27(3)16-17-27)23-12-14-25(15-13-23)34-19-24-7-5-6-18-29-24/h5-15,18,20H,16-17,19H2,1-4H3. The van der Waals surface area contributed by atoms with Crippen LogP contribution < -0.4 is 4.74 Å². The lowest BCUT2D eigenvalue weighted by Gasteiger charge is -2.38. The van der Waals surface area contributed by atoms with Gasteiger partial charge in [0.1, 0.15) is 12.4 Å². The molecule has 2 aromatic carbocycles. The first kappa shape index (κ1) is 22.3. The zero-order chi connectivity index (χ0) is 23.8. The van der Waals surface area contributed by atoms with Crippen LogP contribution in [-0.2, 0) is 12.0 Å². The number of hydrogen-bond acceptors (Lipinski definition) is 5. The molecule has 1 atom stereocenters. The van der Waals surface area contributed by atoms with Gasteiger partial charge in [0.15, 0.2) is 5.82 Å². The van der Waals surface area contributed by atoms with Crippen LogP contribution in [0.2, 0.25) is 0 Å². The Bertz CT molecular complexity index is 1240. The molecule has 0 amide bonds. The molecule has 1 aliphatic rings. The van der Waals surface area contributed by atoms with E-state index < -0.39 is 0 Å². The van der Waals surface area contributed by atoms with Crippen LogP contribution in [0.1, 0.15) is 63.4 Å². The van der Waals surface area contributed by atoms with E-state index in [-0.39, 0.29) is 16.9 Å². The number of benzene rings is 2. The van der Waals surface area contributed by atoms with Gasteiger partial charge in [0.05, 0.1) is 11.7 Å². The lowest BCUT2D eigenvalue weighted by molar-refractivity contribution is 0.300. The van der Waals surface area contributed by atoms with Gasteiger partial charge in [-0.25, -0.2) is 4.68 Å². The predicted molar refractivity (Wildman–Crippen MR) is 132 cm³/mol. The van der Waals surface area contributed by atoms with E-state index in [0.29, 0.717) is 6.61 Å². The Morgan fingerprint density at radius 2 is 1.65 bits per heavy atom. The first-order valence-corrected chi connectivity index (χ1v) is 11.9. The van der Waals surface area contributed by atoms with E-state index in [1.165, 1.54) is 24.0 Å². The summed E-state index contributed by atoms with van der Waals surface area (Å²) in [5.74, 6) is 1.66. The largest absolute Gasteiger partial charge is 0.487 e. The second-order valence-electron chi connectivity index (χ2n) is 9.94. The Balaban J connectivity index is 1.41. The molecule has 5 rings (SSSR count). The van der Waals surface area contributed by atoms with E-state index in [1.54, 1.807) is 6.20 Å². The van der Waals surface area contributed by atoms with Crippen molar-refractivity contribution in [1.82, 2.24) is 25.2 Å². The van der Waals surface area contributed by atoms with E-state index in [0.717, 1.165) is 22.8 Å². The first-order valence-electron chi connectivity index (χ1n) is 11.9. The Morgan fingerprint density at radius 3 is 2.24 bits per heavy atom. The van der Waals surface area contributed by atoms with Crippen molar-refractivity contribution >= 4 is 0 Å². The number of rotatable bonds is 8. The Kier molecular flexibility index (Phi) is 5.68. The van der Waals surface area contributed by atoms with Gasteiger partial charge in [-0.15, -0.1) is 5.10 Å². The van der Waals surface area contributed by atoms with E-state index in [4.69, 9.17) is 4.74 Å². The third-order valence-corrected chi connectivity index (χ3v) is 7.45. The molecular formula is C28H31N5O. The van der Waals surface area contributed by atoms with Gasteiger partial charge >= 0.3 is 0 Å². The highest BCUT2D eigenvalue weighted by atomic mass is 16.5. The van der Waals surface area contributed by atoms with Crippen LogP contribution in [0.3, 0.4) is 0 Å². The lowest BCUT2D eigenvalue weighted by Crippen LogP contribution is -2.33. The number of pyridine rings is 1. The van der Waals surface area contributed by atoms with E-state index in [2.05, 4.69) is 96.7 Å². The number of nitrogens with zero attached hydrogens (tertiary/aromatic N) is 5. The molecular weight excluding hydrogens is 422 g/mol. The van der Waals surface area contributed by atoms with Crippen molar-refractivity contribution in [2.45, 2.75) is 58.6 Å². The maximum Gasteiger partial charge on any atom is 0.182 e. The summed E-state index contributed by atoms with van der Waals surface area (Å²) < 4.78 is 7.83. The van der Waals surface area contributed by atoms with Gasteiger partial charge in [-0.3, -0.25) is 4.98 Å². The fourth-order valence-electron chi connectivity index (χ4n) is 4.76. The topological polar surface area (TPSA) is 65.7 Å². The SMILES string of the molecule is CC(C)n1nnnc1-c1ccc(C(C)(c2ccc(OCc3ccccn3)cc2)C2(C)CC2)cc1. The molecule has 0 N–H and O–H groups in total. The summed E-state index contributed by atoms with van der Waals surface area (Å²) in [5, 5.41) is 12.3. The second kappa shape index (κ2) is 8.67. The Hall–Kier alpha value is -3.54. The van der Waals surface area contributed by atoms with Crippen molar-refractivity contribution in [3.8, 4) is 17.1 Å². The summed E-state index contributed by atoms with van der Waals surface area (Å²) in [5.41, 5.74) is 4.69. The molecule has 0 bridgehead atoms. The van der Waals surface area contributed by atoms with Crippen molar-refractivity contribution in [1.29, 1.82) is 0 Å². The number of tetrazole rings is 1. The van der Waals surface area contributed by atoms with E-state index in [1.807, 2.05) is 22.9 Å². The highest BCUT2D eigenvalue weighted by Crippen LogP contribution is 2.62. The summed E-state index contributed by atoms with van der Waals surface area (Å²) in [4.78, 5) is 4.33. The summed E-state index contributed by atoms with van der Waals surface area (Å²) >= 11 is 0. The average Bonchev–Trinajstić information content (AvgIpc) is 3.43. The number of hydrogen-bond donors (Lipinski definition) is 0. The van der Waals surface area contributed by atoms with Crippen LogP contribution in [0.5, 0.6) is 5.75 Å². The van der Waals surface area contributed by atoms with Crippen molar-refractivity contribution in [2.24, 2.45) is 5.41 Å². The van der Waals surface area contributed by atoms with Crippen molar-refractivity contribution in [3.05, 3.63) is 89.7 Å². The van der Waals surface area contributed by atoms with Crippen LogP contribution in [0.15, 0.2) is 72.9 Å². The first-order chi connectivity index (χ1) is 16.4. The van der Waals surface area contributed by atoms with Crippen LogP contribution in [0, 0.1) is 5.41 Å². The van der Waals surface area contributed by atoms with Gasteiger partial charge in [-0.2, -0.15) is 0 Å². The molecule has 0 saturated heterocycles. The minimum Gasteiger partial charge on any atom is -0.487 e. The third-order valence-electron chi connectivity index (χ3n) is 7.45.